The van der Waals surface area contributed by atoms with Crippen LogP contribution in [0, 0.1) is 5.41 Å². The normalized spacial score (nSPS) is 15.9. The first-order chi connectivity index (χ1) is 15.3. The van der Waals surface area contributed by atoms with Crippen molar-refractivity contribution >= 4 is 23.2 Å². The minimum atomic E-state index is -0.550. The highest BCUT2D eigenvalue weighted by molar-refractivity contribution is 7.10. The van der Waals surface area contributed by atoms with Crippen LogP contribution in [-0.4, -0.2) is 62.1 Å². The Bertz CT molecular complexity index is 917. The standard InChI is InChI=1S/C25H34N2O4S/c1-25(2,3)24(29)26(13-6-15-30-4)17-22(28)27-14-11-21-20(12-16-32-21)23(27)18-7-9-19(31-5)10-8-18/h7-10,12,16,23H,6,11,13-15,17H2,1-5H3. The van der Waals surface area contributed by atoms with Gasteiger partial charge in [-0.3, -0.25) is 9.59 Å². The molecule has 2 amide bonds. The maximum atomic E-state index is 13.6. The van der Waals surface area contributed by atoms with Crippen molar-refractivity contribution in [2.45, 2.75) is 39.7 Å². The summed E-state index contributed by atoms with van der Waals surface area (Å²) in [5.74, 6) is 0.738. The average Bonchev–Trinajstić information content (AvgIpc) is 3.25. The second-order valence-corrected chi connectivity index (χ2v) is 10.1. The van der Waals surface area contributed by atoms with Gasteiger partial charge in [0.15, 0.2) is 0 Å². The van der Waals surface area contributed by atoms with Crippen LogP contribution in [0.5, 0.6) is 5.75 Å². The molecule has 0 bridgehead atoms. The summed E-state index contributed by atoms with van der Waals surface area (Å²) in [7, 11) is 3.29. The average molecular weight is 459 g/mol. The lowest BCUT2D eigenvalue weighted by Crippen LogP contribution is -2.49. The largest absolute Gasteiger partial charge is 0.497 e. The first kappa shape index (κ1) is 24.3. The number of methoxy groups -OCH3 is 2. The number of rotatable bonds is 8. The molecular weight excluding hydrogens is 424 g/mol. The van der Waals surface area contributed by atoms with Crippen LogP contribution < -0.4 is 4.74 Å². The van der Waals surface area contributed by atoms with Gasteiger partial charge < -0.3 is 19.3 Å². The summed E-state index contributed by atoms with van der Waals surface area (Å²) >= 11 is 1.74. The molecule has 32 heavy (non-hydrogen) atoms. The van der Waals surface area contributed by atoms with Gasteiger partial charge in [-0.2, -0.15) is 0 Å². The number of amides is 2. The number of nitrogens with zero attached hydrogens (tertiary/aromatic N) is 2. The molecule has 174 valence electrons. The minimum absolute atomic E-state index is 0.0174. The van der Waals surface area contributed by atoms with E-state index in [1.165, 1.54) is 10.4 Å². The van der Waals surface area contributed by atoms with Gasteiger partial charge >= 0.3 is 0 Å². The number of benzene rings is 1. The molecule has 0 radical (unpaired) electrons. The molecule has 0 saturated heterocycles. The summed E-state index contributed by atoms with van der Waals surface area (Å²) in [6.45, 7) is 7.44. The number of fused-ring (bicyclic) bond motifs is 1. The molecule has 6 nitrogen and oxygen atoms in total. The van der Waals surface area contributed by atoms with E-state index in [0.717, 1.165) is 17.7 Å². The molecule has 7 heteroatoms. The van der Waals surface area contributed by atoms with Gasteiger partial charge in [0.2, 0.25) is 11.8 Å². The monoisotopic (exact) mass is 458 g/mol. The van der Waals surface area contributed by atoms with Crippen molar-refractivity contribution in [3.05, 3.63) is 51.7 Å². The number of carbonyl (C=O) groups is 2. The van der Waals surface area contributed by atoms with Crippen molar-refractivity contribution in [2.75, 3.05) is 40.5 Å². The van der Waals surface area contributed by atoms with Crippen molar-refractivity contribution in [1.29, 1.82) is 0 Å². The molecule has 1 atom stereocenters. The zero-order valence-electron chi connectivity index (χ0n) is 19.7. The molecule has 0 saturated carbocycles. The van der Waals surface area contributed by atoms with Crippen LogP contribution in [0.25, 0.3) is 0 Å². The number of hydrogen-bond acceptors (Lipinski definition) is 5. The van der Waals surface area contributed by atoms with E-state index in [1.54, 1.807) is 30.5 Å². The molecular formula is C25H34N2O4S. The molecule has 2 aromatic rings. The molecule has 1 aromatic carbocycles. The lowest BCUT2D eigenvalue weighted by molar-refractivity contribution is -0.146. The molecule has 3 rings (SSSR count). The van der Waals surface area contributed by atoms with Crippen LogP contribution >= 0.6 is 11.3 Å². The lowest BCUT2D eigenvalue weighted by atomic mass is 9.92. The Morgan fingerprint density at radius 3 is 2.50 bits per heavy atom. The van der Waals surface area contributed by atoms with Crippen molar-refractivity contribution in [1.82, 2.24) is 9.80 Å². The van der Waals surface area contributed by atoms with E-state index in [1.807, 2.05) is 49.9 Å². The molecule has 0 aliphatic carbocycles. The molecule has 1 aliphatic rings. The lowest BCUT2D eigenvalue weighted by Gasteiger charge is -2.38. The smallest absolute Gasteiger partial charge is 0.242 e. The van der Waals surface area contributed by atoms with Crippen molar-refractivity contribution in [2.24, 2.45) is 5.41 Å². The number of hydrogen-bond donors (Lipinski definition) is 0. The van der Waals surface area contributed by atoms with E-state index >= 15 is 0 Å². The Hall–Kier alpha value is -2.38. The van der Waals surface area contributed by atoms with Crippen molar-refractivity contribution < 1.29 is 19.1 Å². The molecule has 1 aliphatic heterocycles. The fraction of sp³-hybridized carbons (Fsp3) is 0.520. The van der Waals surface area contributed by atoms with Crippen LogP contribution in [0.4, 0.5) is 0 Å². The second-order valence-electron chi connectivity index (χ2n) is 9.14. The highest BCUT2D eigenvalue weighted by Gasteiger charge is 2.35. The Morgan fingerprint density at radius 2 is 1.88 bits per heavy atom. The summed E-state index contributed by atoms with van der Waals surface area (Å²) in [5.41, 5.74) is 1.67. The van der Waals surface area contributed by atoms with Crippen LogP contribution in [0.1, 0.15) is 49.2 Å². The Balaban J connectivity index is 1.87. The van der Waals surface area contributed by atoms with Gasteiger partial charge in [-0.1, -0.05) is 32.9 Å². The highest BCUT2D eigenvalue weighted by Crippen LogP contribution is 2.38. The van der Waals surface area contributed by atoms with Gasteiger partial charge in [0, 0.05) is 37.1 Å². The van der Waals surface area contributed by atoms with Crippen LogP contribution in [0.15, 0.2) is 35.7 Å². The van der Waals surface area contributed by atoms with E-state index in [9.17, 15) is 9.59 Å². The summed E-state index contributed by atoms with van der Waals surface area (Å²) in [6.07, 6.45) is 1.53. The van der Waals surface area contributed by atoms with Gasteiger partial charge in [0.05, 0.1) is 19.7 Å². The molecule has 0 fully saturated rings. The number of thiophene rings is 1. The minimum Gasteiger partial charge on any atom is -0.497 e. The molecule has 0 spiro atoms. The van der Waals surface area contributed by atoms with Crippen molar-refractivity contribution in [3.63, 3.8) is 0 Å². The highest BCUT2D eigenvalue weighted by atomic mass is 32.1. The molecule has 2 heterocycles. The van der Waals surface area contributed by atoms with Gasteiger partial charge in [-0.05, 0) is 47.5 Å². The maximum Gasteiger partial charge on any atom is 0.242 e. The van der Waals surface area contributed by atoms with Gasteiger partial charge in [-0.25, -0.2) is 0 Å². The fourth-order valence-corrected chi connectivity index (χ4v) is 5.02. The fourth-order valence-electron chi connectivity index (χ4n) is 4.11. The Morgan fingerprint density at radius 1 is 1.16 bits per heavy atom. The predicted molar refractivity (Wildman–Crippen MR) is 127 cm³/mol. The van der Waals surface area contributed by atoms with E-state index in [4.69, 9.17) is 9.47 Å². The van der Waals surface area contributed by atoms with Crippen molar-refractivity contribution in [3.8, 4) is 5.75 Å². The molecule has 1 unspecified atom stereocenters. The van der Waals surface area contributed by atoms with Gasteiger partial charge in [-0.15, -0.1) is 11.3 Å². The predicted octanol–water partition coefficient (Wildman–Crippen LogP) is 4.14. The Labute approximate surface area is 195 Å². The third kappa shape index (κ3) is 5.51. The first-order valence-electron chi connectivity index (χ1n) is 11.0. The van der Waals surface area contributed by atoms with E-state index in [2.05, 4.69) is 11.4 Å². The summed E-state index contributed by atoms with van der Waals surface area (Å²) in [6, 6.07) is 9.86. The number of carbonyl (C=O) groups excluding carboxylic acids is 2. The van der Waals surface area contributed by atoms with E-state index in [-0.39, 0.29) is 24.4 Å². The topological polar surface area (TPSA) is 59.1 Å². The quantitative estimate of drug-likeness (QED) is 0.558. The van der Waals surface area contributed by atoms with Gasteiger partial charge in [0.25, 0.3) is 0 Å². The van der Waals surface area contributed by atoms with E-state index in [0.29, 0.717) is 26.1 Å². The Kier molecular flexibility index (Phi) is 7.96. The molecule has 0 N–H and O–H groups in total. The zero-order valence-corrected chi connectivity index (χ0v) is 20.5. The van der Waals surface area contributed by atoms with Crippen LogP contribution in [0.3, 0.4) is 0 Å². The maximum absolute atomic E-state index is 13.6. The van der Waals surface area contributed by atoms with Crippen LogP contribution in [0.2, 0.25) is 0 Å². The van der Waals surface area contributed by atoms with Crippen LogP contribution in [-0.2, 0) is 20.7 Å². The summed E-state index contributed by atoms with van der Waals surface area (Å²) in [5, 5.41) is 2.09. The van der Waals surface area contributed by atoms with E-state index < -0.39 is 5.41 Å². The SMILES string of the molecule is COCCCN(CC(=O)N1CCc2sccc2C1c1ccc(OC)cc1)C(=O)C(C)(C)C. The first-order valence-corrected chi connectivity index (χ1v) is 11.9. The summed E-state index contributed by atoms with van der Waals surface area (Å²) < 4.78 is 10.5. The second kappa shape index (κ2) is 10.5. The van der Waals surface area contributed by atoms with Gasteiger partial charge in [0.1, 0.15) is 5.75 Å². The number of ether oxygens (including phenoxy) is 2. The zero-order chi connectivity index (χ0) is 23.3. The molecule has 1 aromatic heterocycles. The third-order valence-electron chi connectivity index (χ3n) is 5.75. The summed E-state index contributed by atoms with van der Waals surface area (Å²) in [4.78, 5) is 31.6. The third-order valence-corrected chi connectivity index (χ3v) is 6.75.